The van der Waals surface area contributed by atoms with Crippen LogP contribution in [0, 0.1) is 0 Å². The predicted molar refractivity (Wildman–Crippen MR) is 66.6 cm³/mol. The summed E-state index contributed by atoms with van der Waals surface area (Å²) in [7, 11) is 1.93. The van der Waals surface area contributed by atoms with E-state index in [2.05, 4.69) is 17.4 Å². The second-order valence-corrected chi connectivity index (χ2v) is 4.37. The Morgan fingerprint density at radius 2 is 2.12 bits per heavy atom. The fraction of sp³-hybridized carbons (Fsp3) is 0.750. The second-order valence-electron chi connectivity index (χ2n) is 4.37. The third kappa shape index (κ3) is 4.33. The number of hydrogen-bond donors (Lipinski definition) is 2. The van der Waals surface area contributed by atoms with Gasteiger partial charge in [-0.1, -0.05) is 39.0 Å². The number of hydrazine groups is 1. The molecule has 16 heavy (non-hydrogen) atoms. The Balaban J connectivity index is 2.27. The van der Waals surface area contributed by atoms with Crippen LogP contribution in [0.5, 0.6) is 0 Å². The van der Waals surface area contributed by atoms with Crippen LogP contribution in [0.4, 0.5) is 0 Å². The standard InChI is InChI=1S/C12H24N4/c1-3-4-5-6-7-8-12(15-13)11-9-14-16(2)10-11/h9-10,12,15H,3-8,13H2,1-2H3. The van der Waals surface area contributed by atoms with Gasteiger partial charge in [0.2, 0.25) is 0 Å². The van der Waals surface area contributed by atoms with Crippen LogP contribution in [0.15, 0.2) is 12.4 Å². The summed E-state index contributed by atoms with van der Waals surface area (Å²) in [5.74, 6) is 5.57. The van der Waals surface area contributed by atoms with Crippen molar-refractivity contribution in [1.82, 2.24) is 15.2 Å². The van der Waals surface area contributed by atoms with E-state index in [9.17, 15) is 0 Å². The summed E-state index contributed by atoms with van der Waals surface area (Å²) in [5.41, 5.74) is 4.05. The van der Waals surface area contributed by atoms with E-state index >= 15 is 0 Å². The van der Waals surface area contributed by atoms with E-state index in [1.54, 1.807) is 0 Å². The average Bonchev–Trinajstić information content (AvgIpc) is 2.70. The van der Waals surface area contributed by atoms with E-state index in [1.165, 1.54) is 37.7 Å². The van der Waals surface area contributed by atoms with Crippen molar-refractivity contribution in [2.24, 2.45) is 12.9 Å². The van der Waals surface area contributed by atoms with Crippen LogP contribution in [0.3, 0.4) is 0 Å². The number of nitrogens with one attached hydrogen (secondary N) is 1. The van der Waals surface area contributed by atoms with Crippen molar-refractivity contribution < 1.29 is 0 Å². The first-order valence-corrected chi connectivity index (χ1v) is 6.22. The Labute approximate surface area is 98.2 Å². The summed E-state index contributed by atoms with van der Waals surface area (Å²) in [6.07, 6.45) is 11.5. The normalized spacial score (nSPS) is 12.9. The largest absolute Gasteiger partial charge is 0.275 e. The monoisotopic (exact) mass is 224 g/mol. The van der Waals surface area contributed by atoms with Crippen molar-refractivity contribution in [1.29, 1.82) is 0 Å². The van der Waals surface area contributed by atoms with E-state index in [0.29, 0.717) is 0 Å². The molecule has 92 valence electrons. The van der Waals surface area contributed by atoms with Crippen LogP contribution < -0.4 is 11.3 Å². The molecule has 0 aliphatic heterocycles. The van der Waals surface area contributed by atoms with Gasteiger partial charge in [-0.15, -0.1) is 0 Å². The molecule has 0 radical (unpaired) electrons. The van der Waals surface area contributed by atoms with Crippen molar-refractivity contribution in [3.8, 4) is 0 Å². The van der Waals surface area contributed by atoms with E-state index < -0.39 is 0 Å². The zero-order valence-corrected chi connectivity index (χ0v) is 10.4. The number of unbranched alkanes of at least 4 members (excludes halogenated alkanes) is 4. The van der Waals surface area contributed by atoms with Gasteiger partial charge in [0.05, 0.1) is 6.20 Å². The van der Waals surface area contributed by atoms with Gasteiger partial charge in [-0.25, -0.2) is 0 Å². The maximum absolute atomic E-state index is 5.57. The molecular formula is C12H24N4. The predicted octanol–water partition coefficient (Wildman–Crippen LogP) is 2.29. The van der Waals surface area contributed by atoms with Gasteiger partial charge in [0.15, 0.2) is 0 Å². The first kappa shape index (κ1) is 13.2. The van der Waals surface area contributed by atoms with Crippen molar-refractivity contribution in [2.45, 2.75) is 51.5 Å². The lowest BCUT2D eigenvalue weighted by atomic mass is 10.0. The minimum atomic E-state index is 0.246. The molecule has 4 heteroatoms. The van der Waals surface area contributed by atoms with Gasteiger partial charge in [0, 0.05) is 24.8 Å². The zero-order valence-electron chi connectivity index (χ0n) is 10.4. The van der Waals surface area contributed by atoms with E-state index in [4.69, 9.17) is 5.84 Å². The lowest BCUT2D eigenvalue weighted by Crippen LogP contribution is -2.27. The molecule has 0 spiro atoms. The third-order valence-electron chi connectivity index (χ3n) is 2.92. The minimum absolute atomic E-state index is 0.246. The Hall–Kier alpha value is -0.870. The van der Waals surface area contributed by atoms with Crippen molar-refractivity contribution in [3.63, 3.8) is 0 Å². The lowest BCUT2D eigenvalue weighted by molar-refractivity contribution is 0.478. The van der Waals surface area contributed by atoms with Gasteiger partial charge in [0.1, 0.15) is 0 Å². The highest BCUT2D eigenvalue weighted by atomic mass is 15.3. The smallest absolute Gasteiger partial charge is 0.0538 e. The third-order valence-corrected chi connectivity index (χ3v) is 2.92. The molecule has 0 aliphatic carbocycles. The summed E-state index contributed by atoms with van der Waals surface area (Å²) in [6, 6.07) is 0.246. The van der Waals surface area contributed by atoms with Gasteiger partial charge in [-0.3, -0.25) is 16.0 Å². The number of nitrogens with two attached hydrogens (primary N) is 1. The SMILES string of the molecule is CCCCCCCC(NN)c1cnn(C)c1. The van der Waals surface area contributed by atoms with Crippen LogP contribution >= 0.6 is 0 Å². The summed E-state index contributed by atoms with van der Waals surface area (Å²) in [6.45, 7) is 2.24. The van der Waals surface area contributed by atoms with Crippen LogP contribution in [0.1, 0.15) is 57.1 Å². The Kier molecular flexibility index (Phi) is 6.11. The van der Waals surface area contributed by atoms with Gasteiger partial charge in [-0.05, 0) is 6.42 Å². The molecule has 0 amide bonds. The summed E-state index contributed by atoms with van der Waals surface area (Å²) >= 11 is 0. The highest BCUT2D eigenvalue weighted by molar-refractivity contribution is 5.09. The average molecular weight is 224 g/mol. The molecule has 3 N–H and O–H groups in total. The summed E-state index contributed by atoms with van der Waals surface area (Å²) in [4.78, 5) is 0. The first-order valence-electron chi connectivity index (χ1n) is 6.22. The quantitative estimate of drug-likeness (QED) is 0.404. The van der Waals surface area contributed by atoms with Crippen molar-refractivity contribution >= 4 is 0 Å². The van der Waals surface area contributed by atoms with Crippen LogP contribution in [0.25, 0.3) is 0 Å². The Morgan fingerprint density at radius 3 is 2.69 bits per heavy atom. The van der Waals surface area contributed by atoms with E-state index in [-0.39, 0.29) is 6.04 Å². The van der Waals surface area contributed by atoms with Gasteiger partial charge in [-0.2, -0.15) is 5.10 Å². The van der Waals surface area contributed by atoms with Crippen molar-refractivity contribution in [2.75, 3.05) is 0 Å². The molecule has 1 unspecified atom stereocenters. The molecular weight excluding hydrogens is 200 g/mol. The number of rotatable bonds is 8. The summed E-state index contributed by atoms with van der Waals surface area (Å²) < 4.78 is 1.82. The molecule has 1 heterocycles. The number of aryl methyl sites for hydroxylation is 1. The molecule has 1 aromatic rings. The van der Waals surface area contributed by atoms with Crippen molar-refractivity contribution in [3.05, 3.63) is 18.0 Å². The molecule has 0 bridgehead atoms. The lowest BCUT2D eigenvalue weighted by Gasteiger charge is -2.13. The number of nitrogens with zero attached hydrogens (tertiary/aromatic N) is 2. The molecule has 1 aromatic heterocycles. The molecule has 1 atom stereocenters. The molecule has 0 saturated carbocycles. The molecule has 1 rings (SSSR count). The van der Waals surface area contributed by atoms with Crippen LogP contribution in [-0.2, 0) is 7.05 Å². The number of hydrogen-bond acceptors (Lipinski definition) is 3. The van der Waals surface area contributed by atoms with Gasteiger partial charge >= 0.3 is 0 Å². The highest BCUT2D eigenvalue weighted by Gasteiger charge is 2.10. The Morgan fingerprint density at radius 1 is 1.38 bits per heavy atom. The Bertz CT molecular complexity index is 282. The second kappa shape index (κ2) is 7.41. The molecule has 0 fully saturated rings. The van der Waals surface area contributed by atoms with Crippen LogP contribution in [0.2, 0.25) is 0 Å². The zero-order chi connectivity index (χ0) is 11.8. The van der Waals surface area contributed by atoms with E-state index in [0.717, 1.165) is 6.42 Å². The van der Waals surface area contributed by atoms with Crippen LogP contribution in [-0.4, -0.2) is 9.78 Å². The topological polar surface area (TPSA) is 55.9 Å². The molecule has 0 aromatic carbocycles. The molecule has 4 nitrogen and oxygen atoms in total. The van der Waals surface area contributed by atoms with Gasteiger partial charge < -0.3 is 0 Å². The maximum atomic E-state index is 5.57. The summed E-state index contributed by atoms with van der Waals surface area (Å²) in [5, 5.41) is 4.16. The van der Waals surface area contributed by atoms with Gasteiger partial charge in [0.25, 0.3) is 0 Å². The fourth-order valence-corrected chi connectivity index (χ4v) is 1.92. The molecule has 0 saturated heterocycles. The maximum Gasteiger partial charge on any atom is 0.0538 e. The first-order chi connectivity index (χ1) is 7.77. The highest BCUT2D eigenvalue weighted by Crippen LogP contribution is 2.18. The van der Waals surface area contributed by atoms with E-state index in [1.807, 2.05) is 24.1 Å². The fourth-order valence-electron chi connectivity index (χ4n) is 1.92. The minimum Gasteiger partial charge on any atom is -0.275 e. The number of aromatic nitrogens is 2. The molecule has 0 aliphatic rings.